The van der Waals surface area contributed by atoms with Gasteiger partial charge in [0.2, 0.25) is 0 Å². The Labute approximate surface area is 118 Å². The summed E-state index contributed by atoms with van der Waals surface area (Å²) in [5.74, 6) is -0.0490. The summed E-state index contributed by atoms with van der Waals surface area (Å²) in [4.78, 5) is 11.9. The molecule has 2 rings (SSSR count). The molecule has 1 amide bonds. The van der Waals surface area contributed by atoms with Gasteiger partial charge in [-0.25, -0.2) is 0 Å². The summed E-state index contributed by atoms with van der Waals surface area (Å²) >= 11 is 0. The second kappa shape index (κ2) is 5.99. The number of halogens is 3. The normalized spacial score (nSPS) is 11.4. The van der Waals surface area contributed by atoms with Crippen LogP contribution in [0.3, 0.4) is 0 Å². The molecule has 2 aromatic rings. The van der Waals surface area contributed by atoms with E-state index < -0.39 is 17.6 Å². The molecule has 1 aromatic heterocycles. The summed E-state index contributed by atoms with van der Waals surface area (Å²) in [5, 5.41) is 5.96. The first-order valence-electron chi connectivity index (χ1n) is 6.34. The molecule has 21 heavy (non-hydrogen) atoms. The molecule has 4 nitrogen and oxygen atoms in total. The van der Waals surface area contributed by atoms with Gasteiger partial charge in [-0.15, -0.1) is 0 Å². The van der Waals surface area contributed by atoms with Crippen molar-refractivity contribution in [1.82, 2.24) is 5.16 Å². The third-order valence-electron chi connectivity index (χ3n) is 2.74. The number of hydrogen-bond donors (Lipinski definition) is 1. The quantitative estimate of drug-likeness (QED) is 0.931. The first-order valence-corrected chi connectivity index (χ1v) is 6.34. The second-order valence-electron chi connectivity index (χ2n) is 4.46. The fourth-order valence-electron chi connectivity index (χ4n) is 1.75. The van der Waals surface area contributed by atoms with Crippen LogP contribution in [0.2, 0.25) is 0 Å². The van der Waals surface area contributed by atoms with Gasteiger partial charge < -0.3 is 9.84 Å². The van der Waals surface area contributed by atoms with Gasteiger partial charge in [-0.2, -0.15) is 13.2 Å². The highest BCUT2D eigenvalue weighted by atomic mass is 19.4. The van der Waals surface area contributed by atoms with Crippen molar-refractivity contribution in [3.05, 3.63) is 47.3 Å². The first-order chi connectivity index (χ1) is 9.90. The Hall–Kier alpha value is -2.31. The van der Waals surface area contributed by atoms with Crippen molar-refractivity contribution in [3.63, 3.8) is 0 Å². The minimum Gasteiger partial charge on any atom is -0.361 e. The summed E-state index contributed by atoms with van der Waals surface area (Å²) in [7, 11) is 0. The van der Waals surface area contributed by atoms with Crippen LogP contribution in [0.4, 0.5) is 18.9 Å². The van der Waals surface area contributed by atoms with Crippen LogP contribution >= 0.6 is 0 Å². The van der Waals surface area contributed by atoms with Crippen LogP contribution in [-0.2, 0) is 12.6 Å². The zero-order chi connectivity index (χ0) is 15.5. The van der Waals surface area contributed by atoms with E-state index in [-0.39, 0.29) is 11.4 Å². The first kappa shape index (κ1) is 15.1. The van der Waals surface area contributed by atoms with Crippen LogP contribution in [-0.4, -0.2) is 11.1 Å². The number of anilines is 1. The second-order valence-corrected chi connectivity index (χ2v) is 4.46. The molecular formula is C14H13F3N2O2. The number of benzene rings is 1. The topological polar surface area (TPSA) is 55.1 Å². The number of alkyl halides is 3. The van der Waals surface area contributed by atoms with Gasteiger partial charge >= 0.3 is 6.18 Å². The number of aryl methyl sites for hydroxylation is 1. The Kier molecular flexibility index (Phi) is 4.30. The molecule has 7 heteroatoms. The lowest BCUT2D eigenvalue weighted by molar-refractivity contribution is -0.137. The fourth-order valence-corrected chi connectivity index (χ4v) is 1.75. The van der Waals surface area contributed by atoms with Crippen molar-refractivity contribution in [2.75, 3.05) is 5.32 Å². The zero-order valence-electron chi connectivity index (χ0n) is 11.2. The summed E-state index contributed by atoms with van der Waals surface area (Å²) in [6, 6.07) is 5.88. The van der Waals surface area contributed by atoms with Crippen molar-refractivity contribution < 1.29 is 22.5 Å². The summed E-state index contributed by atoms with van der Waals surface area (Å²) in [6.07, 6.45) is -2.98. The van der Waals surface area contributed by atoms with Crippen molar-refractivity contribution in [2.24, 2.45) is 0 Å². The van der Waals surface area contributed by atoms with E-state index in [0.29, 0.717) is 12.2 Å². The molecule has 0 spiro atoms. The van der Waals surface area contributed by atoms with E-state index in [1.807, 2.05) is 6.92 Å². The van der Waals surface area contributed by atoms with Crippen LogP contribution in [0.15, 0.2) is 34.9 Å². The van der Waals surface area contributed by atoms with Crippen molar-refractivity contribution in [2.45, 2.75) is 25.9 Å². The summed E-state index contributed by atoms with van der Waals surface area (Å²) in [5.41, 5.74) is -0.738. The Bertz CT molecular complexity index is 635. The van der Waals surface area contributed by atoms with Crippen LogP contribution in [0.1, 0.15) is 35.2 Å². The monoisotopic (exact) mass is 298 g/mol. The van der Waals surface area contributed by atoms with Crippen molar-refractivity contribution in [3.8, 4) is 0 Å². The van der Waals surface area contributed by atoms with E-state index in [2.05, 4.69) is 10.5 Å². The molecule has 112 valence electrons. The number of rotatable bonds is 4. The minimum absolute atomic E-state index is 0.0378. The number of carbonyl (C=O) groups is 1. The molecule has 0 aliphatic rings. The molecule has 0 bridgehead atoms. The Morgan fingerprint density at radius 3 is 2.76 bits per heavy atom. The molecule has 0 unspecified atom stereocenters. The van der Waals surface area contributed by atoms with Gasteiger partial charge in [0.25, 0.3) is 5.91 Å². The number of hydrogen-bond acceptors (Lipinski definition) is 3. The van der Waals surface area contributed by atoms with Gasteiger partial charge in [-0.3, -0.25) is 4.79 Å². The Morgan fingerprint density at radius 2 is 2.10 bits per heavy atom. The molecule has 0 fully saturated rings. The molecule has 0 aliphatic heterocycles. The molecule has 0 atom stereocenters. The van der Waals surface area contributed by atoms with Crippen LogP contribution in [0.25, 0.3) is 0 Å². The molecule has 1 N–H and O–H groups in total. The third-order valence-corrected chi connectivity index (χ3v) is 2.74. The molecule has 1 heterocycles. The number of nitrogens with zero attached hydrogens (tertiary/aromatic N) is 1. The van der Waals surface area contributed by atoms with Gasteiger partial charge in [0.15, 0.2) is 5.69 Å². The van der Waals surface area contributed by atoms with E-state index in [1.165, 1.54) is 18.2 Å². The van der Waals surface area contributed by atoms with E-state index >= 15 is 0 Å². The SMILES string of the molecule is CCCc1cc(C(=O)Nc2cccc(C(F)(F)F)c2)no1. The average molecular weight is 298 g/mol. The predicted octanol–water partition coefficient (Wildman–Crippen LogP) is 3.90. The van der Waals surface area contributed by atoms with Gasteiger partial charge in [0.1, 0.15) is 5.76 Å². The highest BCUT2D eigenvalue weighted by molar-refractivity contribution is 6.02. The third kappa shape index (κ3) is 3.84. The Morgan fingerprint density at radius 1 is 1.33 bits per heavy atom. The van der Waals surface area contributed by atoms with E-state index in [4.69, 9.17) is 4.52 Å². The predicted molar refractivity (Wildman–Crippen MR) is 69.9 cm³/mol. The van der Waals surface area contributed by atoms with Crippen LogP contribution in [0, 0.1) is 0 Å². The number of carbonyl (C=O) groups excluding carboxylic acids is 1. The van der Waals surface area contributed by atoms with Crippen LogP contribution < -0.4 is 5.32 Å². The fraction of sp³-hybridized carbons (Fsp3) is 0.286. The number of aromatic nitrogens is 1. The summed E-state index contributed by atoms with van der Waals surface area (Å²) in [6.45, 7) is 1.95. The lowest BCUT2D eigenvalue weighted by Gasteiger charge is -2.08. The van der Waals surface area contributed by atoms with Gasteiger partial charge in [0.05, 0.1) is 5.56 Å². The maximum atomic E-state index is 12.6. The lowest BCUT2D eigenvalue weighted by Crippen LogP contribution is -2.13. The number of amides is 1. The van der Waals surface area contributed by atoms with E-state index in [0.717, 1.165) is 18.6 Å². The molecule has 0 aliphatic carbocycles. The van der Waals surface area contributed by atoms with Gasteiger partial charge in [-0.1, -0.05) is 18.1 Å². The number of nitrogens with one attached hydrogen (secondary N) is 1. The van der Waals surface area contributed by atoms with E-state index in [9.17, 15) is 18.0 Å². The van der Waals surface area contributed by atoms with Gasteiger partial charge in [0, 0.05) is 18.2 Å². The van der Waals surface area contributed by atoms with Crippen molar-refractivity contribution >= 4 is 11.6 Å². The minimum atomic E-state index is -4.46. The maximum absolute atomic E-state index is 12.6. The van der Waals surface area contributed by atoms with E-state index in [1.54, 1.807) is 0 Å². The summed E-state index contributed by atoms with van der Waals surface area (Å²) < 4.78 is 42.7. The molecule has 1 aromatic carbocycles. The standard InChI is InChI=1S/C14H13F3N2O2/c1-2-4-11-8-12(19-21-11)13(20)18-10-6-3-5-9(7-10)14(15,16)17/h3,5-8H,2,4H2,1H3,(H,18,20). The highest BCUT2D eigenvalue weighted by Crippen LogP contribution is 2.30. The smallest absolute Gasteiger partial charge is 0.361 e. The maximum Gasteiger partial charge on any atom is 0.416 e. The zero-order valence-corrected chi connectivity index (χ0v) is 11.2. The van der Waals surface area contributed by atoms with Gasteiger partial charge in [-0.05, 0) is 24.6 Å². The van der Waals surface area contributed by atoms with Crippen molar-refractivity contribution in [1.29, 1.82) is 0 Å². The lowest BCUT2D eigenvalue weighted by atomic mass is 10.2. The largest absolute Gasteiger partial charge is 0.416 e. The highest BCUT2D eigenvalue weighted by Gasteiger charge is 2.30. The average Bonchev–Trinajstić information content (AvgIpc) is 2.87. The Balaban J connectivity index is 2.12. The molecule has 0 saturated carbocycles. The molecule has 0 saturated heterocycles. The molecule has 0 radical (unpaired) electrons. The molecular weight excluding hydrogens is 285 g/mol. The van der Waals surface area contributed by atoms with Crippen LogP contribution in [0.5, 0.6) is 0 Å².